The van der Waals surface area contributed by atoms with Crippen molar-refractivity contribution in [1.82, 2.24) is 9.55 Å². The van der Waals surface area contributed by atoms with Crippen molar-refractivity contribution in [1.29, 1.82) is 0 Å². The first-order chi connectivity index (χ1) is 18.2. The van der Waals surface area contributed by atoms with Crippen LogP contribution in [0.5, 0.6) is 5.75 Å². The smallest absolute Gasteiger partial charge is 0.305 e. The summed E-state index contributed by atoms with van der Waals surface area (Å²) in [5.74, 6) is 0.582. The van der Waals surface area contributed by atoms with Crippen LogP contribution in [0, 0.1) is 0 Å². The number of fused-ring (bicyclic) bond motifs is 1. The van der Waals surface area contributed by atoms with Crippen molar-refractivity contribution in [3.05, 3.63) is 108 Å². The number of hydrogen-bond acceptors (Lipinski definition) is 3. The van der Waals surface area contributed by atoms with Crippen LogP contribution in [0.2, 0.25) is 0 Å². The van der Waals surface area contributed by atoms with E-state index in [4.69, 9.17) is 4.74 Å². The molecular weight excluding hydrogens is 460 g/mol. The van der Waals surface area contributed by atoms with Gasteiger partial charge >= 0.3 is 5.97 Å². The number of benzene rings is 3. The van der Waals surface area contributed by atoms with Gasteiger partial charge in [0.1, 0.15) is 12.4 Å². The van der Waals surface area contributed by atoms with Crippen LogP contribution < -0.4 is 4.74 Å². The molecule has 184 valence electrons. The molecule has 6 rings (SSSR count). The fraction of sp³-hybridized carbons (Fsp3) is 0.188. The molecular formula is C32H28N2O3. The maximum atomic E-state index is 11.6. The van der Waals surface area contributed by atoms with Gasteiger partial charge in [-0.1, -0.05) is 48.5 Å². The molecule has 37 heavy (non-hydrogen) atoms. The Morgan fingerprint density at radius 2 is 1.73 bits per heavy atom. The molecule has 3 aromatic carbocycles. The van der Waals surface area contributed by atoms with E-state index in [1.54, 1.807) is 0 Å². The third-order valence-corrected chi connectivity index (χ3v) is 7.01. The van der Waals surface area contributed by atoms with Crippen molar-refractivity contribution in [3.8, 4) is 28.1 Å². The first-order valence-electron chi connectivity index (χ1n) is 12.7. The summed E-state index contributed by atoms with van der Waals surface area (Å²) in [7, 11) is 0. The van der Waals surface area contributed by atoms with Gasteiger partial charge in [0.15, 0.2) is 0 Å². The van der Waals surface area contributed by atoms with Gasteiger partial charge in [-0.05, 0) is 71.8 Å². The number of carbonyl (C=O) groups is 1. The van der Waals surface area contributed by atoms with E-state index in [9.17, 15) is 9.90 Å². The molecule has 0 unspecified atom stereocenters. The molecule has 1 saturated carbocycles. The fourth-order valence-electron chi connectivity index (χ4n) is 5.07. The minimum Gasteiger partial charge on any atom is -0.489 e. The second-order valence-corrected chi connectivity index (χ2v) is 9.61. The van der Waals surface area contributed by atoms with E-state index in [-0.39, 0.29) is 6.42 Å². The highest BCUT2D eigenvalue weighted by Crippen LogP contribution is 2.46. The molecule has 1 aliphatic rings. The molecule has 1 N–H and O–H groups in total. The molecule has 5 aromatic rings. The van der Waals surface area contributed by atoms with Gasteiger partial charge in [-0.2, -0.15) is 0 Å². The van der Waals surface area contributed by atoms with Crippen molar-refractivity contribution in [3.63, 3.8) is 0 Å². The molecule has 2 heterocycles. The zero-order valence-electron chi connectivity index (χ0n) is 20.5. The summed E-state index contributed by atoms with van der Waals surface area (Å²) < 4.78 is 8.32. The molecule has 0 saturated heterocycles. The average molecular weight is 489 g/mol. The Kier molecular flexibility index (Phi) is 6.19. The fourth-order valence-corrected chi connectivity index (χ4v) is 5.07. The Hall–Kier alpha value is -4.38. The highest BCUT2D eigenvalue weighted by atomic mass is 16.5. The molecule has 0 radical (unpaired) electrons. The second kappa shape index (κ2) is 9.94. The van der Waals surface area contributed by atoms with E-state index in [1.807, 2.05) is 67.0 Å². The zero-order chi connectivity index (χ0) is 25.2. The number of aromatic nitrogens is 2. The molecule has 0 atom stereocenters. The predicted molar refractivity (Wildman–Crippen MR) is 146 cm³/mol. The lowest BCUT2D eigenvalue weighted by molar-refractivity contribution is -0.137. The molecule has 2 aromatic heterocycles. The minimum absolute atomic E-state index is 0.0428. The van der Waals surface area contributed by atoms with Crippen molar-refractivity contribution in [2.24, 2.45) is 0 Å². The summed E-state index contributed by atoms with van der Waals surface area (Å²) in [6.07, 6.45) is 6.11. The summed E-state index contributed by atoms with van der Waals surface area (Å²) in [6, 6.07) is 28.9. The van der Waals surface area contributed by atoms with Gasteiger partial charge in [0.2, 0.25) is 0 Å². The van der Waals surface area contributed by atoms with Crippen LogP contribution in [-0.4, -0.2) is 20.6 Å². The number of aryl methyl sites for hydroxylation is 1. The Balaban J connectivity index is 1.51. The molecule has 5 nitrogen and oxygen atoms in total. The number of hydrogen-bond donors (Lipinski definition) is 1. The maximum Gasteiger partial charge on any atom is 0.305 e. The van der Waals surface area contributed by atoms with Crippen LogP contribution in [0.4, 0.5) is 0 Å². The lowest BCUT2D eigenvalue weighted by atomic mass is 9.97. The summed E-state index contributed by atoms with van der Waals surface area (Å²) >= 11 is 0. The van der Waals surface area contributed by atoms with Crippen LogP contribution in [0.3, 0.4) is 0 Å². The quantitative estimate of drug-likeness (QED) is 0.236. The van der Waals surface area contributed by atoms with Crippen molar-refractivity contribution >= 4 is 16.9 Å². The van der Waals surface area contributed by atoms with Gasteiger partial charge in [0.05, 0.1) is 12.1 Å². The maximum absolute atomic E-state index is 11.6. The molecule has 0 aliphatic heterocycles. The standard InChI is InChI=1S/C32H28N2O3/c35-30(36)15-18-34-29-12-11-25(23-9-10-23)20-28(29)31(24-13-16-33-17-14-24)32(34)26-7-4-8-27(19-26)37-21-22-5-2-1-3-6-22/h1-8,11-14,16-17,19-20,23H,9-10,15,18,21H2,(H,35,36). The van der Waals surface area contributed by atoms with Crippen molar-refractivity contribution in [2.45, 2.75) is 38.3 Å². The molecule has 0 spiro atoms. The van der Waals surface area contributed by atoms with Crippen LogP contribution in [0.25, 0.3) is 33.3 Å². The van der Waals surface area contributed by atoms with Gasteiger partial charge < -0.3 is 14.4 Å². The molecule has 0 amide bonds. The number of aliphatic carboxylic acids is 1. The van der Waals surface area contributed by atoms with E-state index >= 15 is 0 Å². The normalized spacial score (nSPS) is 13.1. The monoisotopic (exact) mass is 488 g/mol. The van der Waals surface area contributed by atoms with E-state index in [0.29, 0.717) is 19.1 Å². The zero-order valence-corrected chi connectivity index (χ0v) is 20.5. The third kappa shape index (κ3) is 4.85. The Morgan fingerprint density at radius 3 is 2.49 bits per heavy atom. The topological polar surface area (TPSA) is 64.3 Å². The lowest BCUT2D eigenvalue weighted by Gasteiger charge is -2.14. The van der Waals surface area contributed by atoms with Gasteiger partial charge in [-0.3, -0.25) is 9.78 Å². The minimum atomic E-state index is -0.812. The number of pyridine rings is 1. The molecule has 1 fully saturated rings. The summed E-state index contributed by atoms with van der Waals surface area (Å²) in [4.78, 5) is 15.9. The largest absolute Gasteiger partial charge is 0.489 e. The summed E-state index contributed by atoms with van der Waals surface area (Å²) in [5.41, 5.74) is 7.66. The van der Waals surface area contributed by atoms with Crippen LogP contribution in [-0.2, 0) is 17.9 Å². The highest BCUT2D eigenvalue weighted by Gasteiger charge is 2.26. The second-order valence-electron chi connectivity index (χ2n) is 9.61. The van der Waals surface area contributed by atoms with Crippen LogP contribution >= 0.6 is 0 Å². The Bertz CT molecular complexity index is 1550. The van der Waals surface area contributed by atoms with Crippen molar-refractivity contribution in [2.75, 3.05) is 0 Å². The predicted octanol–water partition coefficient (Wildman–Crippen LogP) is 7.30. The number of carboxylic acid groups (broad SMARTS) is 1. The SMILES string of the molecule is O=C(O)CCn1c(-c2cccc(OCc3ccccc3)c2)c(-c2ccncc2)c2cc(C3CC3)ccc21. The Labute approximate surface area is 216 Å². The van der Waals surface area contributed by atoms with Gasteiger partial charge in [0.25, 0.3) is 0 Å². The molecule has 0 bridgehead atoms. The van der Waals surface area contributed by atoms with Crippen molar-refractivity contribution < 1.29 is 14.6 Å². The number of carboxylic acids is 1. The van der Waals surface area contributed by atoms with Gasteiger partial charge in [-0.15, -0.1) is 0 Å². The summed E-state index contributed by atoms with van der Waals surface area (Å²) in [6.45, 7) is 0.860. The number of rotatable bonds is 9. The van der Waals surface area contributed by atoms with Crippen LogP contribution in [0.15, 0.2) is 97.3 Å². The highest BCUT2D eigenvalue weighted by molar-refractivity contribution is 6.05. The lowest BCUT2D eigenvalue weighted by Crippen LogP contribution is -2.06. The Morgan fingerprint density at radius 1 is 0.919 bits per heavy atom. The first kappa shape index (κ1) is 23.0. The van der Waals surface area contributed by atoms with E-state index in [1.165, 1.54) is 18.4 Å². The molecule has 5 heteroatoms. The molecule has 1 aliphatic carbocycles. The average Bonchev–Trinajstić information content (AvgIpc) is 3.74. The third-order valence-electron chi connectivity index (χ3n) is 7.01. The van der Waals surface area contributed by atoms with Crippen LogP contribution in [0.1, 0.15) is 36.3 Å². The number of nitrogens with zero attached hydrogens (tertiary/aromatic N) is 2. The van der Waals surface area contributed by atoms with E-state index in [2.05, 4.69) is 39.9 Å². The number of ether oxygens (including phenoxy) is 1. The van der Waals surface area contributed by atoms with Gasteiger partial charge in [0, 0.05) is 41.0 Å². The first-order valence-corrected chi connectivity index (χ1v) is 12.7. The van der Waals surface area contributed by atoms with E-state index in [0.717, 1.165) is 44.6 Å². The van der Waals surface area contributed by atoms with Gasteiger partial charge in [-0.25, -0.2) is 0 Å². The van der Waals surface area contributed by atoms with E-state index < -0.39 is 5.97 Å². The summed E-state index contributed by atoms with van der Waals surface area (Å²) in [5, 5.41) is 10.7.